The second-order valence-electron chi connectivity index (χ2n) is 4.95. The highest BCUT2D eigenvalue weighted by Crippen LogP contribution is 2.35. The van der Waals surface area contributed by atoms with E-state index in [4.69, 9.17) is 9.47 Å². The Balaban J connectivity index is 1.87. The Kier molecular flexibility index (Phi) is 3.97. The molecule has 0 aliphatic carbocycles. The summed E-state index contributed by atoms with van der Waals surface area (Å²) in [5, 5.41) is 0. The summed E-state index contributed by atoms with van der Waals surface area (Å²) in [4.78, 5) is 0.195. The van der Waals surface area contributed by atoms with Crippen molar-refractivity contribution in [2.75, 3.05) is 13.7 Å². The van der Waals surface area contributed by atoms with Crippen molar-refractivity contribution in [2.24, 2.45) is 0 Å². The molecule has 0 saturated heterocycles. The fourth-order valence-electron chi connectivity index (χ4n) is 2.50. The average Bonchev–Trinajstić information content (AvgIpc) is 2.54. The van der Waals surface area contributed by atoms with Gasteiger partial charge in [-0.3, -0.25) is 0 Å². The second kappa shape index (κ2) is 5.88. The van der Waals surface area contributed by atoms with Crippen LogP contribution in [-0.2, 0) is 6.42 Å². The van der Waals surface area contributed by atoms with E-state index >= 15 is 0 Å². The summed E-state index contributed by atoms with van der Waals surface area (Å²) < 4.78 is 10.9. The largest absolute Gasteiger partial charge is 0.497 e. The standard InChI is InChI=1S/C17H17BrO2/c1-19-15-7-4-12(5-8-15)17(18)14-6-9-16-13(11-14)3-2-10-20-16/h4-9,11,17H,2-3,10H2,1H3. The smallest absolute Gasteiger partial charge is 0.122 e. The van der Waals surface area contributed by atoms with Crippen LogP contribution in [0.5, 0.6) is 11.5 Å². The molecule has 0 saturated carbocycles. The van der Waals surface area contributed by atoms with Gasteiger partial charge in [-0.25, -0.2) is 0 Å². The molecule has 104 valence electrons. The van der Waals surface area contributed by atoms with Crippen molar-refractivity contribution in [2.45, 2.75) is 17.7 Å². The molecular formula is C17H17BrO2. The number of aryl methyl sites for hydroxylation is 1. The van der Waals surface area contributed by atoms with E-state index in [0.29, 0.717) is 0 Å². The van der Waals surface area contributed by atoms with E-state index < -0.39 is 0 Å². The van der Waals surface area contributed by atoms with Crippen LogP contribution in [0.3, 0.4) is 0 Å². The highest BCUT2D eigenvalue weighted by atomic mass is 79.9. The Morgan fingerprint density at radius 2 is 1.85 bits per heavy atom. The SMILES string of the molecule is COc1ccc(C(Br)c2ccc3c(c2)CCCO3)cc1. The Morgan fingerprint density at radius 3 is 2.60 bits per heavy atom. The van der Waals surface area contributed by atoms with Gasteiger partial charge < -0.3 is 9.47 Å². The van der Waals surface area contributed by atoms with Crippen molar-refractivity contribution in [3.63, 3.8) is 0 Å². The molecular weight excluding hydrogens is 316 g/mol. The maximum atomic E-state index is 5.66. The highest BCUT2D eigenvalue weighted by Gasteiger charge is 2.15. The van der Waals surface area contributed by atoms with Gasteiger partial charge in [0.2, 0.25) is 0 Å². The molecule has 3 heteroatoms. The van der Waals surface area contributed by atoms with Crippen molar-refractivity contribution < 1.29 is 9.47 Å². The summed E-state index contributed by atoms with van der Waals surface area (Å²) in [6.45, 7) is 0.836. The first-order chi connectivity index (χ1) is 9.78. The summed E-state index contributed by atoms with van der Waals surface area (Å²) >= 11 is 3.79. The number of alkyl halides is 1. The molecule has 2 aromatic rings. The van der Waals surface area contributed by atoms with Gasteiger partial charge in [-0.05, 0) is 47.7 Å². The van der Waals surface area contributed by atoms with Crippen molar-refractivity contribution in [3.8, 4) is 11.5 Å². The van der Waals surface area contributed by atoms with Crippen LogP contribution in [0, 0.1) is 0 Å². The fourth-order valence-corrected chi connectivity index (χ4v) is 3.09. The molecule has 1 unspecified atom stereocenters. The molecule has 20 heavy (non-hydrogen) atoms. The Labute approximate surface area is 127 Å². The number of methoxy groups -OCH3 is 1. The van der Waals surface area contributed by atoms with Gasteiger partial charge in [0.1, 0.15) is 11.5 Å². The zero-order valence-corrected chi connectivity index (χ0v) is 13.0. The third kappa shape index (κ3) is 2.68. The second-order valence-corrected chi connectivity index (χ2v) is 5.87. The summed E-state index contributed by atoms with van der Waals surface area (Å²) in [6, 6.07) is 14.6. The topological polar surface area (TPSA) is 18.5 Å². The van der Waals surface area contributed by atoms with E-state index in [0.717, 1.165) is 30.9 Å². The first-order valence-corrected chi connectivity index (χ1v) is 7.73. The molecule has 0 radical (unpaired) electrons. The Bertz CT molecular complexity index is 592. The van der Waals surface area contributed by atoms with Crippen LogP contribution in [0.4, 0.5) is 0 Å². The van der Waals surface area contributed by atoms with Crippen LogP contribution >= 0.6 is 15.9 Å². The quantitative estimate of drug-likeness (QED) is 0.770. The molecule has 1 heterocycles. The van der Waals surface area contributed by atoms with E-state index in [-0.39, 0.29) is 4.83 Å². The van der Waals surface area contributed by atoms with Gasteiger partial charge in [-0.1, -0.05) is 40.2 Å². The van der Waals surface area contributed by atoms with Crippen molar-refractivity contribution in [1.29, 1.82) is 0 Å². The predicted octanol–water partition coefficient (Wildman–Crippen LogP) is 4.50. The number of fused-ring (bicyclic) bond motifs is 1. The normalized spacial score (nSPS) is 15.1. The molecule has 1 aliphatic rings. The van der Waals surface area contributed by atoms with Crippen molar-refractivity contribution in [3.05, 3.63) is 59.2 Å². The molecule has 0 N–H and O–H groups in total. The average molecular weight is 333 g/mol. The molecule has 0 amide bonds. The third-order valence-electron chi connectivity index (χ3n) is 3.63. The molecule has 0 fully saturated rings. The number of benzene rings is 2. The number of hydrogen-bond donors (Lipinski definition) is 0. The van der Waals surface area contributed by atoms with Gasteiger partial charge >= 0.3 is 0 Å². The molecule has 1 atom stereocenters. The zero-order valence-electron chi connectivity index (χ0n) is 11.4. The molecule has 3 rings (SSSR count). The van der Waals surface area contributed by atoms with E-state index in [2.05, 4.69) is 46.3 Å². The number of rotatable bonds is 3. The van der Waals surface area contributed by atoms with Crippen LogP contribution < -0.4 is 9.47 Å². The third-order valence-corrected chi connectivity index (χ3v) is 4.69. The minimum absolute atomic E-state index is 0.195. The lowest BCUT2D eigenvalue weighted by Crippen LogP contribution is -2.08. The number of hydrogen-bond acceptors (Lipinski definition) is 2. The molecule has 2 nitrogen and oxygen atoms in total. The van der Waals surface area contributed by atoms with E-state index in [9.17, 15) is 0 Å². The lowest BCUT2D eigenvalue weighted by molar-refractivity contribution is 0.288. The molecule has 0 aromatic heterocycles. The van der Waals surface area contributed by atoms with Crippen molar-refractivity contribution >= 4 is 15.9 Å². The van der Waals surface area contributed by atoms with Crippen LogP contribution in [0.1, 0.15) is 27.9 Å². The van der Waals surface area contributed by atoms with Gasteiger partial charge in [-0.15, -0.1) is 0 Å². The monoisotopic (exact) mass is 332 g/mol. The molecule has 2 aromatic carbocycles. The Hall–Kier alpha value is -1.48. The fraction of sp³-hybridized carbons (Fsp3) is 0.294. The maximum absolute atomic E-state index is 5.66. The lowest BCUT2D eigenvalue weighted by atomic mass is 9.99. The van der Waals surface area contributed by atoms with Gasteiger partial charge in [0.15, 0.2) is 0 Å². The van der Waals surface area contributed by atoms with Crippen molar-refractivity contribution in [1.82, 2.24) is 0 Å². The van der Waals surface area contributed by atoms with E-state index in [1.165, 1.54) is 16.7 Å². The van der Waals surface area contributed by atoms with Crippen LogP contribution in [-0.4, -0.2) is 13.7 Å². The van der Waals surface area contributed by atoms with Crippen LogP contribution in [0.15, 0.2) is 42.5 Å². The van der Waals surface area contributed by atoms with E-state index in [1.54, 1.807) is 7.11 Å². The van der Waals surface area contributed by atoms with Crippen LogP contribution in [0.2, 0.25) is 0 Å². The van der Waals surface area contributed by atoms with Gasteiger partial charge in [-0.2, -0.15) is 0 Å². The minimum atomic E-state index is 0.195. The number of ether oxygens (including phenoxy) is 2. The van der Waals surface area contributed by atoms with Crippen LogP contribution in [0.25, 0.3) is 0 Å². The maximum Gasteiger partial charge on any atom is 0.122 e. The first-order valence-electron chi connectivity index (χ1n) is 6.81. The summed E-state index contributed by atoms with van der Waals surface area (Å²) in [7, 11) is 1.68. The van der Waals surface area contributed by atoms with Gasteiger partial charge in [0, 0.05) is 0 Å². The van der Waals surface area contributed by atoms with E-state index in [1.807, 2.05) is 12.1 Å². The summed E-state index contributed by atoms with van der Waals surface area (Å²) in [5.74, 6) is 1.92. The van der Waals surface area contributed by atoms with Gasteiger partial charge in [0.25, 0.3) is 0 Å². The minimum Gasteiger partial charge on any atom is -0.497 e. The molecule has 0 bridgehead atoms. The first kappa shape index (κ1) is 13.5. The summed E-state index contributed by atoms with van der Waals surface area (Å²) in [6.07, 6.45) is 2.21. The Morgan fingerprint density at radius 1 is 1.10 bits per heavy atom. The molecule has 0 spiro atoms. The lowest BCUT2D eigenvalue weighted by Gasteiger charge is -2.19. The number of halogens is 1. The zero-order chi connectivity index (χ0) is 13.9. The molecule has 1 aliphatic heterocycles. The van der Waals surface area contributed by atoms with Gasteiger partial charge in [0.05, 0.1) is 18.5 Å². The highest BCUT2D eigenvalue weighted by molar-refractivity contribution is 9.09. The summed E-state index contributed by atoms with van der Waals surface area (Å²) in [5.41, 5.74) is 3.80. The predicted molar refractivity (Wildman–Crippen MR) is 84.0 cm³/mol.